The third-order valence-electron chi connectivity index (χ3n) is 2.23. The van der Waals surface area contributed by atoms with Gasteiger partial charge in [-0.3, -0.25) is 0 Å². The smallest absolute Gasteiger partial charge is 0.420 e. The molecule has 0 saturated heterocycles. The fourth-order valence-electron chi connectivity index (χ4n) is 1.23. The molecule has 1 atom stereocenters. The van der Waals surface area contributed by atoms with Gasteiger partial charge in [0, 0.05) is 0 Å². The summed E-state index contributed by atoms with van der Waals surface area (Å²) in [5.74, 6) is -0.814. The molecule has 0 saturated carbocycles. The average Bonchev–Trinajstić information content (AvgIpc) is 2.38. The SMILES string of the molecule is CCC(O)C(=[N+]=[N-])C(=O)OCc1ccccc1. The van der Waals surface area contributed by atoms with Crippen molar-refractivity contribution in [3.05, 3.63) is 41.4 Å². The molecule has 1 unspecified atom stereocenters. The van der Waals surface area contributed by atoms with Gasteiger partial charge in [-0.05, 0) is 12.0 Å². The van der Waals surface area contributed by atoms with Crippen LogP contribution in [0.2, 0.25) is 0 Å². The lowest BCUT2D eigenvalue weighted by atomic mass is 10.2. The molecule has 0 bridgehead atoms. The molecule has 0 heterocycles. The molecule has 1 N–H and O–H groups in total. The molecule has 0 fully saturated rings. The highest BCUT2D eigenvalue weighted by Crippen LogP contribution is 2.02. The van der Waals surface area contributed by atoms with Gasteiger partial charge in [0.05, 0.1) is 0 Å². The Morgan fingerprint density at radius 2 is 2.12 bits per heavy atom. The van der Waals surface area contributed by atoms with Crippen molar-refractivity contribution in [2.45, 2.75) is 26.1 Å². The number of esters is 1. The largest absolute Gasteiger partial charge is 0.452 e. The number of carbonyl (C=O) groups is 1. The highest BCUT2D eigenvalue weighted by molar-refractivity contribution is 6.35. The summed E-state index contributed by atoms with van der Waals surface area (Å²) in [6.45, 7) is 1.75. The van der Waals surface area contributed by atoms with Crippen LogP contribution in [0.25, 0.3) is 5.53 Å². The molecule has 1 aromatic rings. The highest BCUT2D eigenvalue weighted by atomic mass is 16.5. The monoisotopic (exact) mass is 234 g/mol. The fourth-order valence-corrected chi connectivity index (χ4v) is 1.23. The van der Waals surface area contributed by atoms with Gasteiger partial charge in [-0.1, -0.05) is 37.3 Å². The zero-order valence-electron chi connectivity index (χ0n) is 9.54. The van der Waals surface area contributed by atoms with Crippen LogP contribution in [-0.2, 0) is 16.1 Å². The van der Waals surface area contributed by atoms with E-state index in [0.29, 0.717) is 0 Å². The van der Waals surface area contributed by atoms with Crippen LogP contribution in [-0.4, -0.2) is 27.7 Å². The number of hydrogen-bond donors (Lipinski definition) is 1. The fraction of sp³-hybridized carbons (Fsp3) is 0.333. The molecule has 1 aromatic carbocycles. The Bertz CT molecular complexity index is 425. The Labute approximate surface area is 99.3 Å². The molecule has 0 amide bonds. The lowest BCUT2D eigenvalue weighted by molar-refractivity contribution is -0.143. The molecule has 1 rings (SSSR count). The molecule has 0 aliphatic rings. The van der Waals surface area contributed by atoms with Gasteiger partial charge >= 0.3 is 11.7 Å². The van der Waals surface area contributed by atoms with Crippen molar-refractivity contribution in [3.63, 3.8) is 0 Å². The third kappa shape index (κ3) is 3.83. The van der Waals surface area contributed by atoms with E-state index in [1.165, 1.54) is 0 Å². The molecular weight excluding hydrogens is 220 g/mol. The van der Waals surface area contributed by atoms with E-state index in [1.54, 1.807) is 19.1 Å². The van der Waals surface area contributed by atoms with Crippen LogP contribution in [0.4, 0.5) is 0 Å². The minimum Gasteiger partial charge on any atom is -0.452 e. The molecule has 0 aromatic heterocycles. The van der Waals surface area contributed by atoms with Crippen molar-refractivity contribution in [3.8, 4) is 0 Å². The Morgan fingerprint density at radius 1 is 1.47 bits per heavy atom. The number of aliphatic hydroxyl groups excluding tert-OH is 1. The summed E-state index contributed by atoms with van der Waals surface area (Å²) in [4.78, 5) is 14.2. The van der Waals surface area contributed by atoms with Crippen molar-refractivity contribution in [2.24, 2.45) is 0 Å². The second kappa shape index (κ2) is 6.58. The Hall–Kier alpha value is -1.97. The predicted octanol–water partition coefficient (Wildman–Crippen LogP) is 1.17. The number of hydrogen-bond acceptors (Lipinski definition) is 3. The first kappa shape index (κ1) is 13.1. The number of nitrogens with zero attached hydrogens (tertiary/aromatic N) is 2. The number of benzene rings is 1. The summed E-state index contributed by atoms with van der Waals surface area (Å²) in [5.41, 5.74) is 9.07. The Balaban J connectivity index is 2.58. The van der Waals surface area contributed by atoms with Crippen LogP contribution >= 0.6 is 0 Å². The maximum absolute atomic E-state index is 11.5. The first-order valence-electron chi connectivity index (χ1n) is 5.30. The van der Waals surface area contributed by atoms with Crippen molar-refractivity contribution in [1.29, 1.82) is 0 Å². The van der Waals surface area contributed by atoms with E-state index < -0.39 is 12.1 Å². The number of ether oxygens (including phenoxy) is 1. The summed E-state index contributed by atoms with van der Waals surface area (Å²) < 4.78 is 4.91. The van der Waals surface area contributed by atoms with E-state index in [0.717, 1.165) is 5.56 Å². The van der Waals surface area contributed by atoms with Gasteiger partial charge in [-0.2, -0.15) is 4.79 Å². The summed E-state index contributed by atoms with van der Waals surface area (Å²) in [6.07, 6.45) is -0.830. The van der Waals surface area contributed by atoms with E-state index >= 15 is 0 Å². The Kier molecular flexibility index (Phi) is 5.07. The molecule has 5 heteroatoms. The van der Waals surface area contributed by atoms with Crippen molar-refractivity contribution < 1.29 is 19.4 Å². The van der Waals surface area contributed by atoms with Crippen molar-refractivity contribution >= 4 is 11.7 Å². The average molecular weight is 234 g/mol. The maximum Gasteiger partial charge on any atom is 0.420 e. The second-order valence-electron chi connectivity index (χ2n) is 3.47. The van der Waals surface area contributed by atoms with Gasteiger partial charge in [-0.15, -0.1) is 0 Å². The molecule has 5 nitrogen and oxygen atoms in total. The summed E-state index contributed by atoms with van der Waals surface area (Å²) >= 11 is 0. The van der Waals surface area contributed by atoms with Crippen LogP contribution in [0.5, 0.6) is 0 Å². The number of carbonyl (C=O) groups excluding carboxylic acids is 1. The first-order chi connectivity index (χ1) is 8.19. The lowest BCUT2D eigenvalue weighted by Crippen LogP contribution is -2.30. The normalized spacial score (nSPS) is 11.4. The van der Waals surface area contributed by atoms with E-state index in [4.69, 9.17) is 10.3 Å². The first-order valence-corrected chi connectivity index (χ1v) is 5.30. The van der Waals surface area contributed by atoms with Crippen LogP contribution in [0.3, 0.4) is 0 Å². The molecular formula is C12H14N2O3. The quantitative estimate of drug-likeness (QED) is 0.359. The van der Waals surface area contributed by atoms with Gasteiger partial charge in [0.1, 0.15) is 6.61 Å². The van der Waals surface area contributed by atoms with Gasteiger partial charge in [0.15, 0.2) is 6.10 Å². The topological polar surface area (TPSA) is 82.9 Å². The van der Waals surface area contributed by atoms with Crippen LogP contribution in [0.15, 0.2) is 30.3 Å². The van der Waals surface area contributed by atoms with E-state index in [9.17, 15) is 9.90 Å². The molecule has 0 aliphatic heterocycles. The molecule has 0 spiro atoms. The zero-order chi connectivity index (χ0) is 12.7. The molecule has 0 aliphatic carbocycles. The third-order valence-corrected chi connectivity index (χ3v) is 2.23. The van der Waals surface area contributed by atoms with Gasteiger partial charge < -0.3 is 15.4 Å². The zero-order valence-corrected chi connectivity index (χ0v) is 9.54. The van der Waals surface area contributed by atoms with E-state index in [2.05, 4.69) is 4.79 Å². The Morgan fingerprint density at radius 3 is 2.65 bits per heavy atom. The summed E-state index contributed by atoms with van der Waals surface area (Å²) in [5, 5.41) is 9.39. The van der Waals surface area contributed by atoms with Crippen LogP contribution in [0.1, 0.15) is 18.9 Å². The number of aliphatic hydroxyl groups is 1. The van der Waals surface area contributed by atoms with E-state index in [-0.39, 0.29) is 18.7 Å². The van der Waals surface area contributed by atoms with Crippen LogP contribution < -0.4 is 0 Å². The minimum absolute atomic E-state index is 0.0785. The molecule has 0 radical (unpaired) electrons. The van der Waals surface area contributed by atoms with Crippen LogP contribution in [0, 0.1) is 0 Å². The predicted molar refractivity (Wildman–Crippen MR) is 61.2 cm³/mol. The highest BCUT2D eigenvalue weighted by Gasteiger charge is 2.29. The summed E-state index contributed by atoms with van der Waals surface area (Å²) in [6, 6.07) is 9.11. The lowest BCUT2D eigenvalue weighted by Gasteiger charge is -2.04. The number of rotatable bonds is 5. The van der Waals surface area contributed by atoms with Gasteiger partial charge in [0.2, 0.25) is 0 Å². The van der Waals surface area contributed by atoms with Gasteiger partial charge in [0.25, 0.3) is 0 Å². The van der Waals surface area contributed by atoms with Crippen molar-refractivity contribution in [2.75, 3.05) is 0 Å². The maximum atomic E-state index is 11.5. The van der Waals surface area contributed by atoms with Crippen molar-refractivity contribution in [1.82, 2.24) is 0 Å². The molecule has 17 heavy (non-hydrogen) atoms. The van der Waals surface area contributed by atoms with Gasteiger partial charge in [-0.25, -0.2) is 4.79 Å². The van der Waals surface area contributed by atoms with E-state index in [1.807, 2.05) is 18.2 Å². The standard InChI is InChI=1S/C12H14N2O3/c1-2-10(15)11(14-13)12(16)17-8-9-6-4-3-5-7-9/h3-7,10,15H,2,8H2,1H3. The second-order valence-corrected chi connectivity index (χ2v) is 3.47. The minimum atomic E-state index is -1.11. The molecule has 90 valence electrons. The summed E-state index contributed by atoms with van der Waals surface area (Å²) in [7, 11) is 0.